The Labute approximate surface area is 225 Å². The second-order valence-electron chi connectivity index (χ2n) is 12.5. The van der Waals surface area contributed by atoms with Gasteiger partial charge in [0.05, 0.1) is 0 Å². The van der Waals surface area contributed by atoms with Gasteiger partial charge >= 0.3 is 0 Å². The van der Waals surface area contributed by atoms with Gasteiger partial charge in [0.15, 0.2) is 0 Å². The van der Waals surface area contributed by atoms with Gasteiger partial charge in [-0.05, 0) is 11.8 Å². The molecule has 0 amide bonds. The van der Waals surface area contributed by atoms with Gasteiger partial charge in [0.1, 0.15) is 0 Å². The van der Waals surface area contributed by atoms with E-state index in [0.717, 1.165) is 11.8 Å². The van der Waals surface area contributed by atoms with E-state index in [2.05, 4.69) is 27.7 Å². The minimum absolute atomic E-state index is 0.961. The molecule has 0 aliphatic carbocycles. The maximum Gasteiger partial charge on any atom is -0.0443 e. The molecule has 0 nitrogen and oxygen atoms in total. The molecule has 0 rings (SSSR count). The van der Waals surface area contributed by atoms with E-state index >= 15 is 0 Å². The molecule has 0 fully saturated rings. The van der Waals surface area contributed by atoms with Crippen molar-refractivity contribution in [3.63, 3.8) is 0 Å². The van der Waals surface area contributed by atoms with Crippen LogP contribution in [0.2, 0.25) is 0 Å². The molecular formula is C35H72. The highest BCUT2D eigenvalue weighted by Gasteiger charge is 2.05. The SMILES string of the molecule is CCCCCCCCCCCCCCCCCCCCC(C)CCCCCC(C)CCCCCC. The Hall–Kier alpha value is 0. The monoisotopic (exact) mass is 493 g/mol. The van der Waals surface area contributed by atoms with Crippen LogP contribution in [0.1, 0.15) is 214 Å². The first-order valence-corrected chi connectivity index (χ1v) is 17.2. The van der Waals surface area contributed by atoms with Crippen molar-refractivity contribution in [2.75, 3.05) is 0 Å². The van der Waals surface area contributed by atoms with Gasteiger partial charge in [-0.1, -0.05) is 214 Å². The number of rotatable bonds is 30. The molecule has 0 saturated carbocycles. The minimum atomic E-state index is 0.961. The Morgan fingerprint density at radius 2 is 0.429 bits per heavy atom. The van der Waals surface area contributed by atoms with E-state index in [1.807, 2.05) is 0 Å². The van der Waals surface area contributed by atoms with E-state index in [1.54, 1.807) is 0 Å². The summed E-state index contributed by atoms with van der Waals surface area (Å²) in [5.74, 6) is 1.92. The fraction of sp³-hybridized carbons (Fsp3) is 1.00. The van der Waals surface area contributed by atoms with Crippen molar-refractivity contribution in [3.8, 4) is 0 Å². The van der Waals surface area contributed by atoms with Gasteiger partial charge in [-0.3, -0.25) is 0 Å². The van der Waals surface area contributed by atoms with Crippen molar-refractivity contribution in [1.82, 2.24) is 0 Å². The van der Waals surface area contributed by atoms with E-state index in [1.165, 1.54) is 186 Å². The smallest absolute Gasteiger partial charge is 0.0443 e. The van der Waals surface area contributed by atoms with Crippen LogP contribution < -0.4 is 0 Å². The molecule has 0 N–H and O–H groups in total. The molecule has 0 aromatic carbocycles. The maximum atomic E-state index is 2.50. The van der Waals surface area contributed by atoms with Gasteiger partial charge in [-0.15, -0.1) is 0 Å². The van der Waals surface area contributed by atoms with Crippen molar-refractivity contribution in [2.24, 2.45) is 11.8 Å². The van der Waals surface area contributed by atoms with Crippen molar-refractivity contribution in [1.29, 1.82) is 0 Å². The molecule has 0 saturated heterocycles. The highest BCUT2D eigenvalue weighted by molar-refractivity contribution is 4.58. The molecule has 0 aliphatic heterocycles. The molecule has 0 bridgehead atoms. The van der Waals surface area contributed by atoms with Crippen LogP contribution in [0.25, 0.3) is 0 Å². The van der Waals surface area contributed by atoms with E-state index in [4.69, 9.17) is 0 Å². The van der Waals surface area contributed by atoms with Crippen LogP contribution in [0, 0.1) is 11.8 Å². The molecular weight excluding hydrogens is 420 g/mol. The van der Waals surface area contributed by atoms with Crippen LogP contribution in [-0.2, 0) is 0 Å². The number of hydrogen-bond acceptors (Lipinski definition) is 0. The number of unbranched alkanes of at least 4 members (excludes halogenated alkanes) is 22. The van der Waals surface area contributed by atoms with Crippen molar-refractivity contribution >= 4 is 0 Å². The fourth-order valence-electron chi connectivity index (χ4n) is 5.77. The summed E-state index contributed by atoms with van der Waals surface area (Å²) in [4.78, 5) is 0. The van der Waals surface area contributed by atoms with Gasteiger partial charge in [-0.2, -0.15) is 0 Å². The zero-order valence-electron chi connectivity index (χ0n) is 25.7. The summed E-state index contributed by atoms with van der Waals surface area (Å²) < 4.78 is 0. The van der Waals surface area contributed by atoms with Crippen LogP contribution in [0.3, 0.4) is 0 Å². The molecule has 0 aliphatic rings. The summed E-state index contributed by atoms with van der Waals surface area (Å²) in [7, 11) is 0. The average Bonchev–Trinajstić information content (AvgIpc) is 2.85. The van der Waals surface area contributed by atoms with Gasteiger partial charge in [0.2, 0.25) is 0 Å². The first-order chi connectivity index (χ1) is 17.2. The lowest BCUT2D eigenvalue weighted by Crippen LogP contribution is -1.97. The zero-order valence-corrected chi connectivity index (χ0v) is 25.7. The molecule has 0 heterocycles. The molecule has 2 unspecified atom stereocenters. The molecule has 0 heteroatoms. The third kappa shape index (κ3) is 30.1. The molecule has 0 aromatic rings. The Morgan fingerprint density at radius 1 is 0.257 bits per heavy atom. The van der Waals surface area contributed by atoms with Gasteiger partial charge in [0.25, 0.3) is 0 Å². The van der Waals surface area contributed by atoms with Gasteiger partial charge in [0, 0.05) is 0 Å². The van der Waals surface area contributed by atoms with Crippen LogP contribution >= 0.6 is 0 Å². The van der Waals surface area contributed by atoms with E-state index in [0.29, 0.717) is 0 Å². The number of hydrogen-bond donors (Lipinski definition) is 0. The Morgan fingerprint density at radius 3 is 0.686 bits per heavy atom. The third-order valence-electron chi connectivity index (χ3n) is 8.49. The Kier molecular flexibility index (Phi) is 30.2. The van der Waals surface area contributed by atoms with Crippen LogP contribution in [-0.4, -0.2) is 0 Å². The summed E-state index contributed by atoms with van der Waals surface area (Å²) >= 11 is 0. The third-order valence-corrected chi connectivity index (χ3v) is 8.49. The largest absolute Gasteiger partial charge is 0.0654 e. The second kappa shape index (κ2) is 30.2. The second-order valence-corrected chi connectivity index (χ2v) is 12.5. The summed E-state index contributed by atoms with van der Waals surface area (Å²) in [5.41, 5.74) is 0. The molecule has 0 spiro atoms. The minimum Gasteiger partial charge on any atom is -0.0654 e. The Bertz CT molecular complexity index is 359. The normalized spacial score (nSPS) is 13.4. The van der Waals surface area contributed by atoms with Crippen molar-refractivity contribution in [2.45, 2.75) is 214 Å². The summed E-state index contributed by atoms with van der Waals surface area (Å²) in [6.07, 6.45) is 42.6. The van der Waals surface area contributed by atoms with E-state index < -0.39 is 0 Å². The topological polar surface area (TPSA) is 0 Å². The standard InChI is InChI=1S/C35H72/c1-5-7-9-11-12-13-14-15-16-17-18-19-20-21-22-23-24-27-31-35(4)33-29-25-28-32-34(3)30-26-10-8-6-2/h34-35H,5-33H2,1-4H3. The quantitative estimate of drug-likeness (QED) is 0.0874. The first kappa shape index (κ1) is 35.0. The Balaban J connectivity index is 3.19. The average molecular weight is 493 g/mol. The van der Waals surface area contributed by atoms with Crippen LogP contribution in [0.15, 0.2) is 0 Å². The lowest BCUT2D eigenvalue weighted by Gasteiger charge is -2.13. The highest BCUT2D eigenvalue weighted by atomic mass is 14.1. The van der Waals surface area contributed by atoms with Crippen molar-refractivity contribution < 1.29 is 0 Å². The van der Waals surface area contributed by atoms with E-state index in [-0.39, 0.29) is 0 Å². The molecule has 212 valence electrons. The summed E-state index contributed by atoms with van der Waals surface area (Å²) in [5, 5.41) is 0. The summed E-state index contributed by atoms with van der Waals surface area (Å²) in [6, 6.07) is 0. The van der Waals surface area contributed by atoms with Crippen LogP contribution in [0.4, 0.5) is 0 Å². The lowest BCUT2D eigenvalue weighted by atomic mass is 9.93. The molecule has 0 aromatic heterocycles. The fourth-order valence-corrected chi connectivity index (χ4v) is 5.77. The van der Waals surface area contributed by atoms with Crippen LogP contribution in [0.5, 0.6) is 0 Å². The predicted molar refractivity (Wildman–Crippen MR) is 164 cm³/mol. The maximum absolute atomic E-state index is 2.50. The lowest BCUT2D eigenvalue weighted by molar-refractivity contribution is 0.408. The van der Waals surface area contributed by atoms with E-state index in [9.17, 15) is 0 Å². The first-order valence-electron chi connectivity index (χ1n) is 17.2. The van der Waals surface area contributed by atoms with Crippen molar-refractivity contribution in [3.05, 3.63) is 0 Å². The van der Waals surface area contributed by atoms with Gasteiger partial charge in [-0.25, -0.2) is 0 Å². The highest BCUT2D eigenvalue weighted by Crippen LogP contribution is 2.21. The predicted octanol–water partition coefficient (Wildman–Crippen LogP) is 13.6. The molecule has 0 radical (unpaired) electrons. The molecule has 2 atom stereocenters. The van der Waals surface area contributed by atoms with Gasteiger partial charge < -0.3 is 0 Å². The zero-order chi connectivity index (χ0) is 25.7. The molecule has 35 heavy (non-hydrogen) atoms. The summed E-state index contributed by atoms with van der Waals surface area (Å²) in [6.45, 7) is 9.60.